The third-order valence-corrected chi connectivity index (χ3v) is 2.25. The van der Waals surface area contributed by atoms with Crippen molar-refractivity contribution in [1.29, 1.82) is 0 Å². The summed E-state index contributed by atoms with van der Waals surface area (Å²) >= 11 is 0. The van der Waals surface area contributed by atoms with E-state index in [0.29, 0.717) is 6.04 Å². The number of rotatable bonds is 0. The highest BCUT2D eigenvalue weighted by Gasteiger charge is 2.13. The zero-order chi connectivity index (χ0) is 7.68. The lowest BCUT2D eigenvalue weighted by atomic mass is 9.98. The molecule has 0 aromatic carbocycles. The van der Waals surface area contributed by atoms with Crippen molar-refractivity contribution in [3.8, 4) is 0 Å². The molecule has 0 saturated heterocycles. The fourth-order valence-corrected chi connectivity index (χ4v) is 1.60. The molecule has 2 heterocycles. The Kier molecular flexibility index (Phi) is 1.62. The van der Waals surface area contributed by atoms with Crippen molar-refractivity contribution in [3.05, 3.63) is 29.6 Å². The second kappa shape index (κ2) is 2.62. The summed E-state index contributed by atoms with van der Waals surface area (Å²) in [6.45, 7) is 3.28. The summed E-state index contributed by atoms with van der Waals surface area (Å²) in [5, 5.41) is 3.41. The van der Waals surface area contributed by atoms with Crippen LogP contribution in [0.4, 0.5) is 0 Å². The van der Waals surface area contributed by atoms with Gasteiger partial charge in [-0.05, 0) is 37.1 Å². The Morgan fingerprint density at radius 2 is 2.55 bits per heavy atom. The van der Waals surface area contributed by atoms with Gasteiger partial charge in [0, 0.05) is 18.4 Å². The molecule has 1 unspecified atom stereocenters. The Morgan fingerprint density at radius 1 is 1.64 bits per heavy atom. The Balaban J connectivity index is 2.44. The van der Waals surface area contributed by atoms with Crippen molar-refractivity contribution in [2.24, 2.45) is 0 Å². The van der Waals surface area contributed by atoms with Crippen LogP contribution in [-0.4, -0.2) is 11.5 Å². The number of hydrogen-bond acceptors (Lipinski definition) is 2. The summed E-state index contributed by atoms with van der Waals surface area (Å²) < 4.78 is 0. The fourth-order valence-electron chi connectivity index (χ4n) is 1.60. The van der Waals surface area contributed by atoms with Crippen molar-refractivity contribution >= 4 is 0 Å². The van der Waals surface area contributed by atoms with E-state index in [1.54, 1.807) is 0 Å². The van der Waals surface area contributed by atoms with Crippen LogP contribution in [0.1, 0.15) is 24.1 Å². The van der Waals surface area contributed by atoms with Crippen LogP contribution in [0.5, 0.6) is 0 Å². The standard InChI is InChI=1S/C9H12N2/c1-7-9-3-4-10-6-8(9)2-5-11-7/h3-4,6-7,11H,2,5H2,1H3. The minimum Gasteiger partial charge on any atom is -0.310 e. The molecule has 1 aliphatic heterocycles. The van der Waals surface area contributed by atoms with Crippen LogP contribution < -0.4 is 5.32 Å². The molecule has 0 fully saturated rings. The zero-order valence-corrected chi connectivity index (χ0v) is 6.67. The lowest BCUT2D eigenvalue weighted by Crippen LogP contribution is -2.27. The summed E-state index contributed by atoms with van der Waals surface area (Å²) in [7, 11) is 0. The smallest absolute Gasteiger partial charge is 0.0303 e. The van der Waals surface area contributed by atoms with Crippen molar-refractivity contribution in [3.63, 3.8) is 0 Å². The molecule has 1 aromatic heterocycles. The number of nitrogens with one attached hydrogen (secondary N) is 1. The number of hydrogen-bond donors (Lipinski definition) is 1. The summed E-state index contributed by atoms with van der Waals surface area (Å²) in [5.74, 6) is 0. The maximum Gasteiger partial charge on any atom is 0.0303 e. The summed E-state index contributed by atoms with van der Waals surface area (Å²) in [4.78, 5) is 4.10. The van der Waals surface area contributed by atoms with E-state index in [1.807, 2.05) is 12.4 Å². The maximum absolute atomic E-state index is 4.10. The third kappa shape index (κ3) is 1.14. The second-order valence-corrected chi connectivity index (χ2v) is 3.00. The van der Waals surface area contributed by atoms with E-state index in [1.165, 1.54) is 11.1 Å². The van der Waals surface area contributed by atoms with Crippen LogP contribution in [0.25, 0.3) is 0 Å². The molecule has 0 radical (unpaired) electrons. The molecule has 1 aromatic rings. The monoisotopic (exact) mass is 148 g/mol. The van der Waals surface area contributed by atoms with Gasteiger partial charge in [0.15, 0.2) is 0 Å². The van der Waals surface area contributed by atoms with Gasteiger partial charge in [0.25, 0.3) is 0 Å². The molecule has 0 spiro atoms. The van der Waals surface area contributed by atoms with Gasteiger partial charge in [0.1, 0.15) is 0 Å². The molecule has 11 heavy (non-hydrogen) atoms. The Morgan fingerprint density at radius 3 is 3.36 bits per heavy atom. The highest BCUT2D eigenvalue weighted by molar-refractivity contribution is 5.28. The lowest BCUT2D eigenvalue weighted by Gasteiger charge is -2.22. The van der Waals surface area contributed by atoms with Gasteiger partial charge < -0.3 is 5.32 Å². The Labute approximate surface area is 66.7 Å². The van der Waals surface area contributed by atoms with E-state index in [9.17, 15) is 0 Å². The van der Waals surface area contributed by atoms with Gasteiger partial charge in [-0.2, -0.15) is 0 Å². The lowest BCUT2D eigenvalue weighted by molar-refractivity contribution is 0.539. The molecular weight excluding hydrogens is 136 g/mol. The van der Waals surface area contributed by atoms with Gasteiger partial charge >= 0.3 is 0 Å². The SMILES string of the molecule is CC1NCCc2cnccc21. The predicted octanol–water partition coefficient (Wildman–Crippen LogP) is 1.29. The van der Waals surface area contributed by atoms with Crippen LogP contribution in [0.3, 0.4) is 0 Å². The van der Waals surface area contributed by atoms with Crippen LogP contribution in [0.2, 0.25) is 0 Å². The molecule has 1 N–H and O–H groups in total. The van der Waals surface area contributed by atoms with Crippen LogP contribution >= 0.6 is 0 Å². The maximum atomic E-state index is 4.10. The molecule has 0 saturated carbocycles. The number of aromatic nitrogens is 1. The molecule has 0 amide bonds. The molecule has 0 aliphatic carbocycles. The molecule has 58 valence electrons. The normalized spacial score (nSPS) is 22.8. The van der Waals surface area contributed by atoms with E-state index in [0.717, 1.165) is 13.0 Å². The number of pyridine rings is 1. The molecule has 2 heteroatoms. The largest absolute Gasteiger partial charge is 0.310 e. The van der Waals surface area contributed by atoms with Crippen molar-refractivity contribution in [2.45, 2.75) is 19.4 Å². The molecular formula is C9H12N2. The number of nitrogens with zero attached hydrogens (tertiary/aromatic N) is 1. The first kappa shape index (κ1) is 6.80. The number of fused-ring (bicyclic) bond motifs is 1. The first-order valence-electron chi connectivity index (χ1n) is 4.04. The van der Waals surface area contributed by atoms with E-state index in [2.05, 4.69) is 23.3 Å². The third-order valence-electron chi connectivity index (χ3n) is 2.25. The van der Waals surface area contributed by atoms with Gasteiger partial charge in [-0.3, -0.25) is 4.98 Å². The molecule has 2 nitrogen and oxygen atoms in total. The van der Waals surface area contributed by atoms with Gasteiger partial charge in [-0.1, -0.05) is 0 Å². The van der Waals surface area contributed by atoms with Crippen LogP contribution in [0.15, 0.2) is 18.5 Å². The van der Waals surface area contributed by atoms with E-state index >= 15 is 0 Å². The average molecular weight is 148 g/mol. The van der Waals surface area contributed by atoms with Gasteiger partial charge in [-0.15, -0.1) is 0 Å². The van der Waals surface area contributed by atoms with Crippen molar-refractivity contribution in [2.75, 3.05) is 6.54 Å². The second-order valence-electron chi connectivity index (χ2n) is 3.00. The van der Waals surface area contributed by atoms with Crippen LogP contribution in [0, 0.1) is 0 Å². The van der Waals surface area contributed by atoms with Gasteiger partial charge in [-0.25, -0.2) is 0 Å². The highest BCUT2D eigenvalue weighted by Crippen LogP contribution is 2.20. The highest BCUT2D eigenvalue weighted by atomic mass is 14.9. The van der Waals surface area contributed by atoms with E-state index in [4.69, 9.17) is 0 Å². The first-order valence-corrected chi connectivity index (χ1v) is 4.04. The average Bonchev–Trinajstić information content (AvgIpc) is 2.06. The van der Waals surface area contributed by atoms with Crippen LogP contribution in [-0.2, 0) is 6.42 Å². The Bertz CT molecular complexity index is 257. The Hall–Kier alpha value is -0.890. The topological polar surface area (TPSA) is 24.9 Å². The molecule has 1 aliphatic rings. The van der Waals surface area contributed by atoms with Crippen molar-refractivity contribution in [1.82, 2.24) is 10.3 Å². The quantitative estimate of drug-likeness (QED) is 0.599. The van der Waals surface area contributed by atoms with Crippen molar-refractivity contribution < 1.29 is 0 Å². The summed E-state index contributed by atoms with van der Waals surface area (Å²) in [6, 6.07) is 2.60. The molecule has 1 atom stereocenters. The molecule has 2 rings (SSSR count). The molecule has 0 bridgehead atoms. The van der Waals surface area contributed by atoms with Gasteiger partial charge in [0.2, 0.25) is 0 Å². The van der Waals surface area contributed by atoms with E-state index in [-0.39, 0.29) is 0 Å². The fraction of sp³-hybridized carbons (Fsp3) is 0.444. The van der Waals surface area contributed by atoms with Gasteiger partial charge in [0.05, 0.1) is 0 Å². The summed E-state index contributed by atoms with van der Waals surface area (Å²) in [5.41, 5.74) is 2.81. The minimum atomic E-state index is 0.502. The zero-order valence-electron chi connectivity index (χ0n) is 6.67. The minimum absolute atomic E-state index is 0.502. The first-order chi connectivity index (χ1) is 5.38. The van der Waals surface area contributed by atoms with E-state index < -0.39 is 0 Å². The predicted molar refractivity (Wildman–Crippen MR) is 44.4 cm³/mol. The summed E-state index contributed by atoms with van der Waals surface area (Å²) in [6.07, 6.45) is 4.96.